The summed E-state index contributed by atoms with van der Waals surface area (Å²) in [4.78, 5) is 0. The summed E-state index contributed by atoms with van der Waals surface area (Å²) in [7, 11) is 3.12. The molecule has 2 N–H and O–H groups in total. The molecule has 0 fully saturated rings. The van der Waals surface area contributed by atoms with E-state index in [0.29, 0.717) is 29.3 Å². The predicted octanol–water partition coefficient (Wildman–Crippen LogP) is 5.57. The van der Waals surface area contributed by atoms with Crippen LogP contribution in [0.1, 0.15) is 51.2 Å². The van der Waals surface area contributed by atoms with Gasteiger partial charge in [0.2, 0.25) is 0 Å². The molecule has 0 saturated heterocycles. The molecule has 0 saturated carbocycles. The van der Waals surface area contributed by atoms with Crippen LogP contribution >= 0.6 is 0 Å². The lowest BCUT2D eigenvalue weighted by atomic mass is 9.72. The van der Waals surface area contributed by atoms with Crippen molar-refractivity contribution in [1.82, 2.24) is 0 Å². The van der Waals surface area contributed by atoms with Crippen molar-refractivity contribution in [3.05, 3.63) is 47.5 Å². The molecule has 27 heavy (non-hydrogen) atoms. The van der Waals surface area contributed by atoms with E-state index in [4.69, 9.17) is 9.47 Å². The quantitative estimate of drug-likeness (QED) is 0.636. The highest BCUT2D eigenvalue weighted by Crippen LogP contribution is 2.44. The average Bonchev–Trinajstić information content (AvgIpc) is 2.63. The first kappa shape index (κ1) is 20.9. The van der Waals surface area contributed by atoms with E-state index in [0.717, 1.165) is 17.5 Å². The zero-order chi connectivity index (χ0) is 20.1. The third-order valence-electron chi connectivity index (χ3n) is 5.15. The molecule has 1 atom stereocenters. The molecular formula is C23H32O4. The third kappa shape index (κ3) is 4.88. The lowest BCUT2D eigenvalue weighted by Gasteiger charge is -2.33. The highest BCUT2D eigenvalue weighted by molar-refractivity contribution is 5.49. The van der Waals surface area contributed by atoms with Gasteiger partial charge in [0.1, 0.15) is 0 Å². The number of hydrogen-bond donors (Lipinski definition) is 2. The number of methoxy groups -OCH3 is 2. The fourth-order valence-electron chi connectivity index (χ4n) is 3.80. The summed E-state index contributed by atoms with van der Waals surface area (Å²) in [5.74, 6) is 2.69. The molecule has 0 bridgehead atoms. The SMILES string of the molecule is COc1cc(C(c2ccc(O)c(OC)c2)[C@H](CC(C)C)C(C)C)ccc1O. The topological polar surface area (TPSA) is 58.9 Å². The van der Waals surface area contributed by atoms with Crippen LogP contribution in [0.25, 0.3) is 0 Å². The molecule has 4 heteroatoms. The maximum absolute atomic E-state index is 10.0. The number of hydrogen-bond acceptors (Lipinski definition) is 4. The molecule has 0 spiro atoms. The van der Waals surface area contributed by atoms with Gasteiger partial charge in [0, 0.05) is 5.92 Å². The number of benzene rings is 2. The highest BCUT2D eigenvalue weighted by atomic mass is 16.5. The van der Waals surface area contributed by atoms with Gasteiger partial charge in [-0.05, 0) is 59.6 Å². The second-order valence-electron chi connectivity index (χ2n) is 7.88. The van der Waals surface area contributed by atoms with E-state index < -0.39 is 0 Å². The Hall–Kier alpha value is -2.36. The van der Waals surface area contributed by atoms with E-state index in [2.05, 4.69) is 27.7 Å². The predicted molar refractivity (Wildman–Crippen MR) is 109 cm³/mol. The molecule has 2 rings (SSSR count). The molecular weight excluding hydrogens is 340 g/mol. The number of ether oxygens (including phenoxy) is 2. The Morgan fingerprint density at radius 1 is 0.778 bits per heavy atom. The lowest BCUT2D eigenvalue weighted by Crippen LogP contribution is -2.22. The average molecular weight is 373 g/mol. The van der Waals surface area contributed by atoms with Crippen molar-refractivity contribution in [2.24, 2.45) is 17.8 Å². The first-order valence-electron chi connectivity index (χ1n) is 9.52. The first-order valence-corrected chi connectivity index (χ1v) is 9.52. The van der Waals surface area contributed by atoms with Gasteiger partial charge in [-0.15, -0.1) is 0 Å². The molecule has 0 radical (unpaired) electrons. The van der Waals surface area contributed by atoms with E-state index in [1.54, 1.807) is 26.4 Å². The van der Waals surface area contributed by atoms with Crippen molar-refractivity contribution in [2.45, 2.75) is 40.0 Å². The number of phenols is 2. The Bertz CT molecular complexity index is 699. The van der Waals surface area contributed by atoms with Gasteiger partial charge >= 0.3 is 0 Å². The Labute approximate surface area is 162 Å². The zero-order valence-corrected chi connectivity index (χ0v) is 17.2. The molecule has 0 amide bonds. The van der Waals surface area contributed by atoms with Crippen molar-refractivity contribution in [2.75, 3.05) is 14.2 Å². The molecule has 0 aliphatic rings. The molecule has 0 heterocycles. The smallest absolute Gasteiger partial charge is 0.160 e. The Balaban J connectivity index is 2.64. The van der Waals surface area contributed by atoms with Crippen LogP contribution in [0.5, 0.6) is 23.0 Å². The van der Waals surface area contributed by atoms with Gasteiger partial charge in [-0.2, -0.15) is 0 Å². The van der Waals surface area contributed by atoms with Crippen molar-refractivity contribution >= 4 is 0 Å². The first-order chi connectivity index (χ1) is 12.8. The molecule has 0 aliphatic carbocycles. The Kier molecular flexibility index (Phi) is 7.00. The maximum atomic E-state index is 10.0. The number of rotatable bonds is 8. The molecule has 2 aromatic carbocycles. The Morgan fingerprint density at radius 2 is 1.22 bits per heavy atom. The fraction of sp³-hybridized carbons (Fsp3) is 0.478. The van der Waals surface area contributed by atoms with Crippen LogP contribution in [0.2, 0.25) is 0 Å². The molecule has 0 unspecified atom stereocenters. The molecule has 0 aliphatic heterocycles. The van der Waals surface area contributed by atoms with Crippen LogP contribution in [-0.4, -0.2) is 24.4 Å². The minimum absolute atomic E-state index is 0.0939. The summed E-state index contributed by atoms with van der Waals surface area (Å²) in [6.07, 6.45) is 1.06. The van der Waals surface area contributed by atoms with E-state index in [-0.39, 0.29) is 17.4 Å². The summed E-state index contributed by atoms with van der Waals surface area (Å²) < 4.78 is 10.7. The van der Waals surface area contributed by atoms with Crippen LogP contribution in [0.4, 0.5) is 0 Å². The summed E-state index contributed by atoms with van der Waals surface area (Å²) >= 11 is 0. The van der Waals surface area contributed by atoms with Crippen molar-refractivity contribution in [1.29, 1.82) is 0 Å². The normalized spacial score (nSPS) is 12.6. The van der Waals surface area contributed by atoms with Crippen molar-refractivity contribution < 1.29 is 19.7 Å². The van der Waals surface area contributed by atoms with Crippen LogP contribution in [0, 0.1) is 17.8 Å². The summed E-state index contributed by atoms with van der Waals surface area (Å²) in [6, 6.07) is 11.1. The number of phenolic OH excluding ortho intramolecular Hbond substituents is 2. The van der Waals surface area contributed by atoms with Gasteiger partial charge < -0.3 is 19.7 Å². The van der Waals surface area contributed by atoms with Gasteiger partial charge in [0.05, 0.1) is 14.2 Å². The van der Waals surface area contributed by atoms with Crippen molar-refractivity contribution in [3.8, 4) is 23.0 Å². The van der Waals surface area contributed by atoms with Gasteiger partial charge in [-0.3, -0.25) is 0 Å². The lowest BCUT2D eigenvalue weighted by molar-refractivity contribution is 0.285. The highest BCUT2D eigenvalue weighted by Gasteiger charge is 2.29. The fourth-order valence-corrected chi connectivity index (χ4v) is 3.80. The third-order valence-corrected chi connectivity index (χ3v) is 5.15. The van der Waals surface area contributed by atoms with Gasteiger partial charge in [-0.1, -0.05) is 39.8 Å². The van der Waals surface area contributed by atoms with Crippen LogP contribution < -0.4 is 9.47 Å². The van der Waals surface area contributed by atoms with Gasteiger partial charge in [0.15, 0.2) is 23.0 Å². The largest absolute Gasteiger partial charge is 0.504 e. The minimum Gasteiger partial charge on any atom is -0.504 e. The Morgan fingerprint density at radius 3 is 1.56 bits per heavy atom. The summed E-state index contributed by atoms with van der Waals surface area (Å²) in [5.41, 5.74) is 2.16. The van der Waals surface area contributed by atoms with Crippen molar-refractivity contribution in [3.63, 3.8) is 0 Å². The molecule has 2 aromatic rings. The second-order valence-corrected chi connectivity index (χ2v) is 7.88. The maximum Gasteiger partial charge on any atom is 0.160 e. The standard InChI is InChI=1S/C23H32O4/c1-14(2)11-18(15(3)4)23(16-7-9-19(24)21(12-16)26-5)17-8-10-20(25)22(13-17)27-6/h7-10,12-15,18,23-25H,11H2,1-6H3/t18-/m1/s1. The van der Waals surface area contributed by atoms with E-state index >= 15 is 0 Å². The molecule has 4 nitrogen and oxygen atoms in total. The summed E-state index contributed by atoms with van der Waals surface area (Å²) in [6.45, 7) is 8.97. The van der Waals surface area contributed by atoms with Gasteiger partial charge in [-0.25, -0.2) is 0 Å². The van der Waals surface area contributed by atoms with E-state index in [9.17, 15) is 10.2 Å². The van der Waals surface area contributed by atoms with Gasteiger partial charge in [0.25, 0.3) is 0 Å². The zero-order valence-electron chi connectivity index (χ0n) is 17.2. The summed E-state index contributed by atoms with van der Waals surface area (Å²) in [5, 5.41) is 20.0. The van der Waals surface area contributed by atoms with E-state index in [1.807, 2.05) is 24.3 Å². The molecule has 148 valence electrons. The van der Waals surface area contributed by atoms with Crippen LogP contribution in [0.15, 0.2) is 36.4 Å². The second kappa shape index (κ2) is 9.03. The van der Waals surface area contributed by atoms with E-state index in [1.165, 1.54) is 0 Å². The van der Waals surface area contributed by atoms with Crippen LogP contribution in [0.3, 0.4) is 0 Å². The monoisotopic (exact) mass is 372 g/mol. The number of aromatic hydroxyl groups is 2. The van der Waals surface area contributed by atoms with Crippen LogP contribution in [-0.2, 0) is 0 Å². The molecule has 0 aromatic heterocycles. The minimum atomic E-state index is 0.0939.